The molecule has 2 aromatic rings. The molecule has 1 aliphatic heterocycles. The van der Waals surface area contributed by atoms with Crippen molar-refractivity contribution in [2.75, 3.05) is 24.7 Å². The van der Waals surface area contributed by atoms with Crippen LogP contribution in [0.15, 0.2) is 47.4 Å². The van der Waals surface area contributed by atoms with Crippen LogP contribution in [0.2, 0.25) is 0 Å². The van der Waals surface area contributed by atoms with Crippen LogP contribution in [-0.2, 0) is 9.84 Å². The Bertz CT molecular complexity index is 1010. The Morgan fingerprint density at radius 1 is 1.00 bits per heavy atom. The summed E-state index contributed by atoms with van der Waals surface area (Å²) in [6, 6.07) is 12.3. The average molecular weight is 460 g/mol. The highest BCUT2D eigenvalue weighted by Crippen LogP contribution is 2.50. The Morgan fingerprint density at radius 2 is 1.59 bits per heavy atom. The van der Waals surface area contributed by atoms with Gasteiger partial charge in [0.1, 0.15) is 5.75 Å². The maximum absolute atomic E-state index is 13.7. The van der Waals surface area contributed by atoms with Crippen molar-refractivity contribution in [3.05, 3.63) is 53.6 Å². The van der Waals surface area contributed by atoms with Crippen LogP contribution < -0.4 is 4.90 Å². The highest BCUT2D eigenvalue weighted by atomic mass is 32.2. The summed E-state index contributed by atoms with van der Waals surface area (Å²) < 4.78 is 27.5. The normalized spacial score (nSPS) is 21.5. The van der Waals surface area contributed by atoms with Gasteiger partial charge < -0.3 is 15.1 Å². The van der Waals surface area contributed by atoms with Crippen molar-refractivity contribution in [3.8, 4) is 5.75 Å². The number of anilines is 1. The topological polar surface area (TPSA) is 77.8 Å². The van der Waals surface area contributed by atoms with Crippen molar-refractivity contribution in [2.45, 2.75) is 69.3 Å². The molecule has 0 saturated carbocycles. The first kappa shape index (κ1) is 24.6. The van der Waals surface area contributed by atoms with Gasteiger partial charge in [0.05, 0.1) is 16.8 Å². The van der Waals surface area contributed by atoms with E-state index in [1.54, 1.807) is 30.3 Å². The molecule has 0 amide bonds. The molecule has 0 aliphatic carbocycles. The van der Waals surface area contributed by atoms with Crippen LogP contribution >= 0.6 is 0 Å². The third-order valence-electron chi connectivity index (χ3n) is 6.91. The van der Waals surface area contributed by atoms with Gasteiger partial charge in [-0.3, -0.25) is 0 Å². The zero-order valence-electron chi connectivity index (χ0n) is 19.7. The molecule has 2 atom stereocenters. The number of hydrogen-bond acceptors (Lipinski definition) is 5. The Kier molecular flexibility index (Phi) is 7.56. The molecule has 2 N–H and O–H groups in total. The third-order valence-corrected chi connectivity index (χ3v) is 8.91. The molecule has 0 radical (unpaired) electrons. The van der Waals surface area contributed by atoms with Gasteiger partial charge in [-0.2, -0.15) is 0 Å². The summed E-state index contributed by atoms with van der Waals surface area (Å²) in [6.45, 7) is 4.20. The predicted octanol–water partition coefficient (Wildman–Crippen LogP) is 5.11. The van der Waals surface area contributed by atoms with E-state index in [0.29, 0.717) is 23.3 Å². The Morgan fingerprint density at radius 3 is 2.12 bits per heavy atom. The summed E-state index contributed by atoms with van der Waals surface area (Å²) in [6.07, 6.45) is 4.14. The lowest BCUT2D eigenvalue weighted by Crippen LogP contribution is -2.43. The predicted molar refractivity (Wildman–Crippen MR) is 130 cm³/mol. The molecule has 5 nitrogen and oxygen atoms in total. The zero-order valence-corrected chi connectivity index (χ0v) is 20.5. The van der Waals surface area contributed by atoms with Crippen molar-refractivity contribution >= 4 is 15.5 Å². The molecule has 0 aromatic heterocycles. The molecular formula is C26H37NO4S. The molecule has 3 rings (SSSR count). The van der Waals surface area contributed by atoms with Gasteiger partial charge in [0.15, 0.2) is 9.84 Å². The van der Waals surface area contributed by atoms with E-state index < -0.39 is 27.3 Å². The van der Waals surface area contributed by atoms with Gasteiger partial charge in [-0.15, -0.1) is 0 Å². The molecule has 0 unspecified atom stereocenters. The van der Waals surface area contributed by atoms with Gasteiger partial charge in [-0.05, 0) is 54.3 Å². The number of nitrogens with zero attached hydrogens (tertiary/aromatic N) is 1. The van der Waals surface area contributed by atoms with E-state index >= 15 is 0 Å². The van der Waals surface area contributed by atoms with Crippen LogP contribution in [0.1, 0.15) is 69.4 Å². The smallest absolute Gasteiger partial charge is 0.179 e. The molecule has 6 heteroatoms. The van der Waals surface area contributed by atoms with Crippen molar-refractivity contribution < 1.29 is 18.6 Å². The SMILES string of the molecule is CCCCC1(CCCC)CS(=O)(=O)c2ccc(N(C)C)cc2[C@H](c2ccc(O)cc2)[C@@H]1O. The summed E-state index contributed by atoms with van der Waals surface area (Å²) in [5, 5.41) is 21.8. The Hall–Kier alpha value is -2.05. The number of rotatable bonds is 8. The van der Waals surface area contributed by atoms with Crippen LogP contribution in [0, 0.1) is 5.41 Å². The minimum Gasteiger partial charge on any atom is -0.508 e. The third kappa shape index (κ3) is 4.81. The summed E-state index contributed by atoms with van der Waals surface area (Å²) in [7, 11) is 0.245. The molecular weight excluding hydrogens is 422 g/mol. The quantitative estimate of drug-likeness (QED) is 0.574. The second kappa shape index (κ2) is 9.84. The number of benzene rings is 2. The largest absolute Gasteiger partial charge is 0.508 e. The van der Waals surface area contributed by atoms with E-state index in [0.717, 1.165) is 36.9 Å². The van der Waals surface area contributed by atoms with Crippen molar-refractivity contribution in [1.82, 2.24) is 0 Å². The highest BCUT2D eigenvalue weighted by Gasteiger charge is 2.49. The van der Waals surface area contributed by atoms with Crippen LogP contribution in [0.4, 0.5) is 5.69 Å². The van der Waals surface area contributed by atoms with Crippen LogP contribution in [-0.4, -0.2) is 44.6 Å². The number of aliphatic hydroxyl groups excluding tert-OH is 1. The lowest BCUT2D eigenvalue weighted by Gasteiger charge is -2.40. The lowest BCUT2D eigenvalue weighted by molar-refractivity contribution is 0.0127. The van der Waals surface area contributed by atoms with Gasteiger partial charge in [0.2, 0.25) is 0 Å². The molecule has 2 aromatic carbocycles. The van der Waals surface area contributed by atoms with Crippen molar-refractivity contribution in [3.63, 3.8) is 0 Å². The zero-order chi connectivity index (χ0) is 23.5. The maximum Gasteiger partial charge on any atom is 0.179 e. The first-order chi connectivity index (χ1) is 15.1. The maximum atomic E-state index is 13.7. The number of sulfone groups is 1. The standard InChI is InChI=1S/C26H37NO4S/c1-5-7-15-26(16-8-6-2)18-32(30,31)23-14-11-20(27(3)4)17-22(23)24(25(26)29)19-9-12-21(28)13-10-19/h9-14,17,24-25,28-29H,5-8,15-16,18H2,1-4H3/t24-,25-/m0/s1. The van der Waals surface area contributed by atoms with Crippen LogP contribution in [0.25, 0.3) is 0 Å². The molecule has 0 fully saturated rings. The van der Waals surface area contributed by atoms with Gasteiger partial charge in [-0.1, -0.05) is 51.7 Å². The van der Waals surface area contributed by atoms with E-state index in [1.807, 2.05) is 31.1 Å². The fourth-order valence-corrected chi connectivity index (χ4v) is 7.26. The van der Waals surface area contributed by atoms with Gasteiger partial charge >= 0.3 is 0 Å². The summed E-state index contributed by atoms with van der Waals surface area (Å²) in [5.74, 6) is -0.379. The van der Waals surface area contributed by atoms with E-state index in [2.05, 4.69) is 13.8 Å². The molecule has 0 bridgehead atoms. The number of hydrogen-bond donors (Lipinski definition) is 2. The highest BCUT2D eigenvalue weighted by molar-refractivity contribution is 7.91. The molecule has 176 valence electrons. The van der Waals surface area contributed by atoms with Crippen LogP contribution in [0.3, 0.4) is 0 Å². The lowest BCUT2D eigenvalue weighted by atomic mass is 9.68. The van der Waals surface area contributed by atoms with E-state index in [1.165, 1.54) is 0 Å². The fraction of sp³-hybridized carbons (Fsp3) is 0.538. The Balaban J connectivity index is 2.30. The fourth-order valence-electron chi connectivity index (χ4n) is 5.07. The number of phenolic OH excluding ortho intramolecular Hbond substituents is 1. The molecule has 0 saturated heterocycles. The second-order valence-electron chi connectivity index (χ2n) is 9.46. The van der Waals surface area contributed by atoms with E-state index in [9.17, 15) is 18.6 Å². The van der Waals surface area contributed by atoms with Gasteiger partial charge in [0.25, 0.3) is 0 Å². The molecule has 1 aliphatic rings. The van der Waals surface area contributed by atoms with Crippen molar-refractivity contribution in [2.24, 2.45) is 5.41 Å². The van der Waals surface area contributed by atoms with Crippen LogP contribution in [0.5, 0.6) is 5.75 Å². The second-order valence-corrected chi connectivity index (χ2v) is 11.4. The summed E-state index contributed by atoms with van der Waals surface area (Å²) in [4.78, 5) is 2.26. The molecule has 0 spiro atoms. The van der Waals surface area contributed by atoms with Gasteiger partial charge in [-0.25, -0.2) is 8.42 Å². The summed E-state index contributed by atoms with van der Waals surface area (Å²) >= 11 is 0. The monoisotopic (exact) mass is 459 g/mol. The minimum atomic E-state index is -3.60. The van der Waals surface area contributed by atoms with Crippen molar-refractivity contribution in [1.29, 1.82) is 0 Å². The first-order valence-electron chi connectivity index (χ1n) is 11.7. The number of aliphatic hydroxyl groups is 1. The number of phenols is 1. The number of aromatic hydroxyl groups is 1. The first-order valence-corrected chi connectivity index (χ1v) is 13.3. The van der Waals surface area contributed by atoms with E-state index in [-0.39, 0.29) is 11.5 Å². The number of fused-ring (bicyclic) bond motifs is 1. The average Bonchev–Trinajstić information content (AvgIpc) is 2.83. The summed E-state index contributed by atoms with van der Waals surface area (Å²) in [5.41, 5.74) is 1.64. The minimum absolute atomic E-state index is 0.0376. The van der Waals surface area contributed by atoms with Gasteiger partial charge in [0, 0.05) is 31.1 Å². The Labute approximate surface area is 193 Å². The molecule has 32 heavy (non-hydrogen) atoms. The number of unbranched alkanes of at least 4 members (excludes halogenated alkanes) is 2. The van der Waals surface area contributed by atoms with E-state index in [4.69, 9.17) is 0 Å². The molecule has 1 heterocycles.